The third-order valence-electron chi connectivity index (χ3n) is 2.71. The molecular formula is C14H25N. The van der Waals surface area contributed by atoms with E-state index in [0.29, 0.717) is 5.41 Å². The maximum Gasteiger partial charge on any atom is 0.0204 e. The van der Waals surface area contributed by atoms with Gasteiger partial charge < -0.3 is 4.98 Å². The average Bonchev–Trinajstić information content (AvgIpc) is 2.45. The summed E-state index contributed by atoms with van der Waals surface area (Å²) in [5.41, 5.74) is 3.44. The second kappa shape index (κ2) is 4.03. The number of hydrogen-bond acceptors (Lipinski definition) is 0. The smallest absolute Gasteiger partial charge is 0.0204 e. The molecule has 0 saturated heterocycles. The van der Waals surface area contributed by atoms with E-state index < -0.39 is 0 Å². The zero-order chi connectivity index (χ0) is 11.7. The molecule has 1 rings (SSSR count). The quantitative estimate of drug-likeness (QED) is 0.744. The van der Waals surface area contributed by atoms with Crippen LogP contribution in [-0.4, -0.2) is 4.98 Å². The summed E-state index contributed by atoms with van der Waals surface area (Å²) >= 11 is 0. The Labute approximate surface area is 94.3 Å². The average molecular weight is 207 g/mol. The Hall–Kier alpha value is -0.720. The summed E-state index contributed by atoms with van der Waals surface area (Å²) in [5.74, 6) is 0. The third kappa shape index (κ3) is 4.11. The Balaban J connectivity index is 2.62. The highest BCUT2D eigenvalue weighted by atomic mass is 14.7. The molecule has 0 fully saturated rings. The third-order valence-corrected chi connectivity index (χ3v) is 2.71. The van der Waals surface area contributed by atoms with Gasteiger partial charge in [-0.1, -0.05) is 41.5 Å². The van der Waals surface area contributed by atoms with Gasteiger partial charge in [0.25, 0.3) is 0 Å². The predicted octanol–water partition coefficient (Wildman–Crippen LogP) is 4.29. The fourth-order valence-electron chi connectivity index (χ4n) is 1.54. The van der Waals surface area contributed by atoms with Crippen molar-refractivity contribution in [3.8, 4) is 0 Å². The topological polar surface area (TPSA) is 15.8 Å². The minimum atomic E-state index is 0.236. The maximum absolute atomic E-state index is 3.38. The van der Waals surface area contributed by atoms with Crippen LogP contribution < -0.4 is 0 Å². The van der Waals surface area contributed by atoms with Gasteiger partial charge in [-0.2, -0.15) is 0 Å². The number of rotatable bonds is 2. The second-order valence-corrected chi connectivity index (χ2v) is 6.73. The van der Waals surface area contributed by atoms with Crippen LogP contribution in [0.5, 0.6) is 0 Å². The van der Waals surface area contributed by atoms with Crippen LogP contribution in [0.1, 0.15) is 59.2 Å². The van der Waals surface area contributed by atoms with Crippen molar-refractivity contribution in [3.63, 3.8) is 0 Å². The Kier molecular flexibility index (Phi) is 3.32. The highest BCUT2D eigenvalue weighted by Crippen LogP contribution is 2.25. The summed E-state index contributed by atoms with van der Waals surface area (Å²) < 4.78 is 0. The highest BCUT2D eigenvalue weighted by molar-refractivity contribution is 5.22. The molecule has 15 heavy (non-hydrogen) atoms. The number of aryl methyl sites for hydroxylation is 1. The lowest BCUT2D eigenvalue weighted by Gasteiger charge is -2.17. The van der Waals surface area contributed by atoms with Gasteiger partial charge in [-0.25, -0.2) is 0 Å². The summed E-state index contributed by atoms with van der Waals surface area (Å²) in [4.78, 5) is 3.38. The van der Waals surface area contributed by atoms with E-state index in [9.17, 15) is 0 Å². The van der Waals surface area contributed by atoms with Gasteiger partial charge in [0, 0.05) is 17.3 Å². The molecule has 86 valence electrons. The van der Waals surface area contributed by atoms with Crippen LogP contribution in [0.2, 0.25) is 0 Å². The molecule has 0 unspecified atom stereocenters. The van der Waals surface area contributed by atoms with E-state index in [-0.39, 0.29) is 5.41 Å². The van der Waals surface area contributed by atoms with Crippen LogP contribution >= 0.6 is 0 Å². The zero-order valence-corrected chi connectivity index (χ0v) is 11.1. The van der Waals surface area contributed by atoms with Crippen LogP contribution in [0, 0.1) is 5.41 Å². The van der Waals surface area contributed by atoms with E-state index >= 15 is 0 Å². The molecule has 1 N–H and O–H groups in total. The van der Waals surface area contributed by atoms with Crippen LogP contribution in [0.15, 0.2) is 12.3 Å². The molecule has 0 aromatic carbocycles. The zero-order valence-electron chi connectivity index (χ0n) is 11.1. The summed E-state index contributed by atoms with van der Waals surface area (Å²) in [7, 11) is 0. The predicted molar refractivity (Wildman–Crippen MR) is 67.3 cm³/mol. The highest BCUT2D eigenvalue weighted by Gasteiger charge is 2.16. The van der Waals surface area contributed by atoms with Crippen molar-refractivity contribution in [1.29, 1.82) is 0 Å². The summed E-state index contributed by atoms with van der Waals surface area (Å²) in [6, 6.07) is 2.31. The summed E-state index contributed by atoms with van der Waals surface area (Å²) in [6.07, 6.45) is 4.58. The molecule has 1 heterocycles. The van der Waals surface area contributed by atoms with Gasteiger partial charge in [0.1, 0.15) is 0 Å². The normalized spacial score (nSPS) is 13.2. The van der Waals surface area contributed by atoms with Crippen LogP contribution in [0.4, 0.5) is 0 Å². The largest absolute Gasteiger partial charge is 0.364 e. The number of nitrogens with one attached hydrogen (secondary N) is 1. The SMILES string of the molecule is CC(C)(C)CCc1c[nH]c(C(C)(C)C)c1. The van der Waals surface area contributed by atoms with Gasteiger partial charge in [0.15, 0.2) is 0 Å². The van der Waals surface area contributed by atoms with Crippen molar-refractivity contribution in [1.82, 2.24) is 4.98 Å². The van der Waals surface area contributed by atoms with Gasteiger partial charge in [0.2, 0.25) is 0 Å². The Morgan fingerprint density at radius 3 is 2.07 bits per heavy atom. The number of aromatic amines is 1. The first-order chi connectivity index (χ1) is 6.68. The fraction of sp³-hybridized carbons (Fsp3) is 0.714. The van der Waals surface area contributed by atoms with Gasteiger partial charge in [0.05, 0.1) is 0 Å². The molecule has 1 heteroatoms. The number of hydrogen-bond donors (Lipinski definition) is 1. The van der Waals surface area contributed by atoms with E-state index in [1.165, 1.54) is 24.1 Å². The van der Waals surface area contributed by atoms with E-state index in [1.807, 2.05) is 0 Å². The molecule has 0 bridgehead atoms. The first-order valence-electron chi connectivity index (χ1n) is 5.86. The lowest BCUT2D eigenvalue weighted by molar-refractivity contribution is 0.378. The van der Waals surface area contributed by atoms with Crippen molar-refractivity contribution in [3.05, 3.63) is 23.5 Å². The summed E-state index contributed by atoms with van der Waals surface area (Å²) in [5, 5.41) is 0. The molecule has 0 aliphatic carbocycles. The Bertz CT molecular complexity index is 307. The fourth-order valence-corrected chi connectivity index (χ4v) is 1.54. The molecule has 0 aliphatic heterocycles. The number of H-pyrrole nitrogens is 1. The maximum atomic E-state index is 3.38. The monoisotopic (exact) mass is 207 g/mol. The van der Waals surface area contributed by atoms with Crippen molar-refractivity contribution in [2.75, 3.05) is 0 Å². The van der Waals surface area contributed by atoms with Crippen LogP contribution in [0.25, 0.3) is 0 Å². The van der Waals surface area contributed by atoms with Gasteiger partial charge in [-0.3, -0.25) is 0 Å². The molecule has 0 spiro atoms. The van der Waals surface area contributed by atoms with Gasteiger partial charge >= 0.3 is 0 Å². The molecule has 1 aromatic rings. The van der Waals surface area contributed by atoms with Crippen molar-refractivity contribution >= 4 is 0 Å². The Morgan fingerprint density at radius 2 is 1.67 bits per heavy atom. The first-order valence-corrected chi connectivity index (χ1v) is 5.86. The van der Waals surface area contributed by atoms with E-state index in [1.54, 1.807) is 0 Å². The van der Waals surface area contributed by atoms with Gasteiger partial charge in [-0.05, 0) is 29.9 Å². The van der Waals surface area contributed by atoms with Crippen LogP contribution in [0.3, 0.4) is 0 Å². The lowest BCUT2D eigenvalue weighted by atomic mass is 9.88. The minimum Gasteiger partial charge on any atom is -0.364 e. The second-order valence-electron chi connectivity index (χ2n) is 6.73. The van der Waals surface area contributed by atoms with Crippen LogP contribution in [-0.2, 0) is 11.8 Å². The van der Waals surface area contributed by atoms with E-state index in [2.05, 4.69) is 58.8 Å². The molecule has 0 atom stereocenters. The molecule has 1 aromatic heterocycles. The van der Waals surface area contributed by atoms with E-state index in [4.69, 9.17) is 0 Å². The standard InChI is InChI=1S/C14H25N/c1-13(2,3)8-7-11-9-12(15-10-11)14(4,5)6/h9-10,15H,7-8H2,1-6H3. The minimum absolute atomic E-state index is 0.236. The molecule has 0 aliphatic rings. The lowest BCUT2D eigenvalue weighted by Crippen LogP contribution is -2.11. The number of aromatic nitrogens is 1. The van der Waals surface area contributed by atoms with E-state index in [0.717, 1.165) is 0 Å². The Morgan fingerprint density at radius 1 is 1.07 bits per heavy atom. The molecular weight excluding hydrogens is 182 g/mol. The molecule has 0 saturated carbocycles. The van der Waals surface area contributed by atoms with Gasteiger partial charge in [-0.15, -0.1) is 0 Å². The van der Waals surface area contributed by atoms with Crippen molar-refractivity contribution in [2.24, 2.45) is 5.41 Å². The van der Waals surface area contributed by atoms with Crippen molar-refractivity contribution < 1.29 is 0 Å². The molecule has 0 amide bonds. The summed E-state index contributed by atoms with van der Waals surface area (Å²) in [6.45, 7) is 13.6. The first kappa shape index (κ1) is 12.4. The van der Waals surface area contributed by atoms with Crippen molar-refractivity contribution in [2.45, 2.75) is 59.8 Å². The molecule has 1 nitrogen and oxygen atoms in total. The molecule has 0 radical (unpaired) electrons.